The van der Waals surface area contributed by atoms with Crippen LogP contribution in [0.3, 0.4) is 0 Å². The molecule has 20 heavy (non-hydrogen) atoms. The van der Waals surface area contributed by atoms with Crippen molar-refractivity contribution in [3.8, 4) is 6.07 Å². The van der Waals surface area contributed by atoms with Gasteiger partial charge >= 0.3 is 0 Å². The van der Waals surface area contributed by atoms with Crippen LogP contribution in [0, 0.1) is 22.6 Å². The van der Waals surface area contributed by atoms with Gasteiger partial charge in [0.25, 0.3) is 0 Å². The third-order valence-electron chi connectivity index (χ3n) is 4.44. The molecular formula is C16H21FN2O. The van der Waals surface area contributed by atoms with E-state index < -0.39 is 5.82 Å². The summed E-state index contributed by atoms with van der Waals surface area (Å²) in [7, 11) is 1.92. The number of hydrogen-bond donors (Lipinski definition) is 0. The van der Waals surface area contributed by atoms with Gasteiger partial charge in [-0.15, -0.1) is 0 Å². The molecule has 108 valence electrons. The summed E-state index contributed by atoms with van der Waals surface area (Å²) in [5.41, 5.74) is 0.759. The predicted octanol–water partition coefficient (Wildman–Crippen LogP) is 3.34. The molecule has 0 spiro atoms. The maximum absolute atomic E-state index is 13.7. The fourth-order valence-electron chi connectivity index (χ4n) is 3.09. The molecule has 0 N–H and O–H groups in total. The van der Waals surface area contributed by atoms with E-state index in [1.807, 2.05) is 24.9 Å². The number of rotatable bonds is 4. The Hall–Kier alpha value is -1.60. The highest BCUT2D eigenvalue weighted by molar-refractivity contribution is 5.60. The first-order valence-electron chi connectivity index (χ1n) is 6.96. The highest BCUT2D eigenvalue weighted by atomic mass is 19.1. The van der Waals surface area contributed by atoms with Crippen molar-refractivity contribution in [3.05, 3.63) is 29.6 Å². The van der Waals surface area contributed by atoms with Gasteiger partial charge in [-0.05, 0) is 25.5 Å². The molecule has 1 saturated carbocycles. The average molecular weight is 276 g/mol. The molecule has 1 aliphatic carbocycles. The van der Waals surface area contributed by atoms with Crippen LogP contribution in [0.15, 0.2) is 18.2 Å². The van der Waals surface area contributed by atoms with Crippen molar-refractivity contribution in [1.29, 1.82) is 5.26 Å². The second-order valence-electron chi connectivity index (χ2n) is 5.87. The van der Waals surface area contributed by atoms with Crippen LogP contribution in [0.2, 0.25) is 0 Å². The molecule has 0 radical (unpaired) electrons. The minimum absolute atomic E-state index is 0.0101. The van der Waals surface area contributed by atoms with Crippen LogP contribution >= 0.6 is 0 Å². The topological polar surface area (TPSA) is 36.3 Å². The molecular weight excluding hydrogens is 255 g/mol. The number of hydrogen-bond acceptors (Lipinski definition) is 3. The summed E-state index contributed by atoms with van der Waals surface area (Å²) in [4.78, 5) is 2.01. The smallest absolute Gasteiger partial charge is 0.143 e. The lowest BCUT2D eigenvalue weighted by atomic mass is 9.63. The molecule has 2 unspecified atom stereocenters. The highest BCUT2D eigenvalue weighted by Crippen LogP contribution is 2.47. The van der Waals surface area contributed by atoms with Gasteiger partial charge in [-0.3, -0.25) is 0 Å². The lowest BCUT2D eigenvalue weighted by Gasteiger charge is -2.55. The third kappa shape index (κ3) is 2.27. The monoisotopic (exact) mass is 276 g/mol. The number of nitriles is 1. The molecule has 0 heterocycles. The van der Waals surface area contributed by atoms with E-state index in [0.29, 0.717) is 12.3 Å². The van der Waals surface area contributed by atoms with Crippen LogP contribution in [0.4, 0.5) is 10.1 Å². The molecule has 1 aromatic carbocycles. The first kappa shape index (κ1) is 14.8. The summed E-state index contributed by atoms with van der Waals surface area (Å²) in [6.45, 7) is 7.01. The molecule has 3 nitrogen and oxygen atoms in total. The van der Waals surface area contributed by atoms with Gasteiger partial charge < -0.3 is 9.64 Å². The third-order valence-corrected chi connectivity index (χ3v) is 4.44. The fourth-order valence-corrected chi connectivity index (χ4v) is 3.09. The normalized spacial score (nSPS) is 23.8. The molecule has 2 rings (SSSR count). The summed E-state index contributed by atoms with van der Waals surface area (Å²) < 4.78 is 19.4. The summed E-state index contributed by atoms with van der Waals surface area (Å²) in [6.07, 6.45) is 1.12. The Balaban J connectivity index is 2.24. The first-order valence-corrected chi connectivity index (χ1v) is 6.96. The fraction of sp³-hybridized carbons (Fsp3) is 0.562. The Labute approximate surface area is 120 Å². The quantitative estimate of drug-likeness (QED) is 0.846. The van der Waals surface area contributed by atoms with Gasteiger partial charge in [0.05, 0.1) is 11.8 Å². The van der Waals surface area contributed by atoms with Gasteiger partial charge in [0.15, 0.2) is 0 Å². The average Bonchev–Trinajstić information content (AvgIpc) is 2.42. The van der Waals surface area contributed by atoms with Gasteiger partial charge in [0, 0.05) is 25.1 Å². The second kappa shape index (κ2) is 5.41. The summed E-state index contributed by atoms with van der Waals surface area (Å²) in [5.74, 6) is -0.463. The minimum Gasteiger partial charge on any atom is -0.378 e. The lowest BCUT2D eigenvalue weighted by molar-refractivity contribution is -0.104. The van der Waals surface area contributed by atoms with Crippen molar-refractivity contribution in [1.82, 2.24) is 0 Å². The molecule has 0 aliphatic heterocycles. The number of benzene rings is 1. The Bertz CT molecular complexity index is 536. The molecule has 4 heteroatoms. The molecule has 2 atom stereocenters. The number of halogens is 1. The van der Waals surface area contributed by atoms with Crippen molar-refractivity contribution in [2.75, 3.05) is 18.6 Å². The van der Waals surface area contributed by atoms with E-state index in [4.69, 9.17) is 10.00 Å². The van der Waals surface area contributed by atoms with Crippen molar-refractivity contribution in [2.45, 2.75) is 39.3 Å². The Morgan fingerprint density at radius 1 is 1.50 bits per heavy atom. The van der Waals surface area contributed by atoms with Gasteiger partial charge in [0.1, 0.15) is 17.4 Å². The maximum atomic E-state index is 13.7. The Kier molecular flexibility index (Phi) is 4.01. The zero-order valence-corrected chi connectivity index (χ0v) is 12.5. The van der Waals surface area contributed by atoms with Crippen molar-refractivity contribution in [3.63, 3.8) is 0 Å². The molecule has 1 fully saturated rings. The molecule has 1 aromatic rings. The van der Waals surface area contributed by atoms with Crippen LogP contribution in [0.1, 0.15) is 32.8 Å². The predicted molar refractivity (Wildman–Crippen MR) is 77.1 cm³/mol. The summed E-state index contributed by atoms with van der Waals surface area (Å²) >= 11 is 0. The Morgan fingerprint density at radius 2 is 2.20 bits per heavy atom. The van der Waals surface area contributed by atoms with Gasteiger partial charge in [-0.1, -0.05) is 19.9 Å². The van der Waals surface area contributed by atoms with E-state index in [1.165, 1.54) is 6.07 Å². The van der Waals surface area contributed by atoms with E-state index in [1.54, 1.807) is 12.1 Å². The summed E-state index contributed by atoms with van der Waals surface area (Å²) in [6, 6.07) is 6.98. The highest BCUT2D eigenvalue weighted by Gasteiger charge is 2.51. The standard InChI is InChI=1S/C16H21FN2O/c1-5-20-15-9-14(16(15,2)3)19(4)13-8-6-7-12(17)11(13)10-18/h6-8,14-15H,5,9H2,1-4H3. The van der Waals surface area contributed by atoms with E-state index in [0.717, 1.165) is 6.42 Å². The van der Waals surface area contributed by atoms with Gasteiger partial charge in [0.2, 0.25) is 0 Å². The summed E-state index contributed by atoms with van der Waals surface area (Å²) in [5, 5.41) is 9.15. The minimum atomic E-state index is -0.463. The number of nitrogens with zero attached hydrogens (tertiary/aromatic N) is 2. The zero-order valence-electron chi connectivity index (χ0n) is 12.5. The van der Waals surface area contributed by atoms with E-state index in [-0.39, 0.29) is 23.1 Å². The van der Waals surface area contributed by atoms with Gasteiger partial charge in [-0.25, -0.2) is 4.39 Å². The lowest BCUT2D eigenvalue weighted by Crippen LogP contribution is -2.61. The van der Waals surface area contributed by atoms with Crippen LogP contribution in [-0.2, 0) is 4.74 Å². The molecule has 0 aromatic heterocycles. The Morgan fingerprint density at radius 3 is 2.75 bits per heavy atom. The van der Waals surface area contributed by atoms with Crippen LogP contribution in [-0.4, -0.2) is 25.8 Å². The van der Waals surface area contributed by atoms with Crippen molar-refractivity contribution in [2.24, 2.45) is 5.41 Å². The second-order valence-corrected chi connectivity index (χ2v) is 5.87. The molecule has 1 aliphatic rings. The van der Waals surface area contributed by atoms with Crippen LogP contribution < -0.4 is 4.90 Å². The zero-order chi connectivity index (χ0) is 14.9. The maximum Gasteiger partial charge on any atom is 0.143 e. The van der Waals surface area contributed by atoms with Gasteiger partial charge in [-0.2, -0.15) is 5.26 Å². The SMILES string of the molecule is CCOC1CC(N(C)c2cccc(F)c2C#N)C1(C)C. The van der Waals surface area contributed by atoms with E-state index in [9.17, 15) is 4.39 Å². The van der Waals surface area contributed by atoms with Crippen LogP contribution in [0.25, 0.3) is 0 Å². The number of anilines is 1. The number of ether oxygens (including phenoxy) is 1. The first-order chi connectivity index (χ1) is 9.43. The largest absolute Gasteiger partial charge is 0.378 e. The van der Waals surface area contributed by atoms with Crippen molar-refractivity contribution < 1.29 is 9.13 Å². The molecule has 0 bridgehead atoms. The van der Waals surface area contributed by atoms with Crippen LogP contribution in [0.5, 0.6) is 0 Å². The van der Waals surface area contributed by atoms with Crippen molar-refractivity contribution >= 4 is 5.69 Å². The van der Waals surface area contributed by atoms with E-state index >= 15 is 0 Å². The molecule has 0 saturated heterocycles. The molecule has 0 amide bonds. The van der Waals surface area contributed by atoms with E-state index in [2.05, 4.69) is 13.8 Å².